The topological polar surface area (TPSA) is 77.2 Å². The Kier molecular flexibility index (Phi) is 5.30. The van der Waals surface area contributed by atoms with Crippen LogP contribution in [0, 0.1) is 6.92 Å². The molecule has 3 N–H and O–H groups in total. The van der Waals surface area contributed by atoms with Crippen molar-refractivity contribution in [1.29, 1.82) is 0 Å². The molecule has 1 aliphatic rings. The van der Waals surface area contributed by atoms with E-state index in [1.165, 1.54) is 11.3 Å². The maximum absolute atomic E-state index is 11.7. The van der Waals surface area contributed by atoms with Crippen molar-refractivity contribution in [2.45, 2.75) is 44.8 Å². The largest absolute Gasteiger partial charge is 0.376 e. The summed E-state index contributed by atoms with van der Waals surface area (Å²) in [5.74, 6) is -0.0696. The predicted molar refractivity (Wildman–Crippen MR) is 75.4 cm³/mol. The summed E-state index contributed by atoms with van der Waals surface area (Å²) in [6, 6.07) is 0.342. The van der Waals surface area contributed by atoms with Gasteiger partial charge in [0.05, 0.1) is 23.9 Å². The number of thiazole rings is 1. The molecule has 1 saturated carbocycles. The van der Waals surface area contributed by atoms with Gasteiger partial charge in [-0.1, -0.05) is 0 Å². The summed E-state index contributed by atoms with van der Waals surface area (Å²) in [5, 5.41) is 3.75. The lowest BCUT2D eigenvalue weighted by molar-refractivity contribution is 0.0268. The number of nitrogens with two attached hydrogens (primary N) is 1. The molecule has 1 aromatic rings. The van der Waals surface area contributed by atoms with Crippen LogP contribution in [0.25, 0.3) is 0 Å². The van der Waals surface area contributed by atoms with Gasteiger partial charge in [-0.15, -0.1) is 11.3 Å². The molecule has 0 spiro atoms. The first-order chi connectivity index (χ1) is 9.15. The Morgan fingerprint density at radius 3 is 2.89 bits per heavy atom. The average Bonchev–Trinajstić information content (AvgIpc) is 2.83. The van der Waals surface area contributed by atoms with Gasteiger partial charge >= 0.3 is 0 Å². The first kappa shape index (κ1) is 14.4. The van der Waals surface area contributed by atoms with Crippen LogP contribution in [0.4, 0.5) is 0 Å². The second-order valence-corrected chi connectivity index (χ2v) is 6.14. The lowest BCUT2D eigenvalue weighted by atomic mass is 9.94. The summed E-state index contributed by atoms with van der Waals surface area (Å²) in [5.41, 5.74) is 5.84. The van der Waals surface area contributed by atoms with Gasteiger partial charge < -0.3 is 15.8 Å². The molecular weight excluding hydrogens is 262 g/mol. The van der Waals surface area contributed by atoms with E-state index in [-0.39, 0.29) is 5.91 Å². The number of hydrogen-bond donors (Lipinski definition) is 2. The Balaban J connectivity index is 1.60. The van der Waals surface area contributed by atoms with Crippen molar-refractivity contribution in [1.82, 2.24) is 10.3 Å². The van der Waals surface area contributed by atoms with Crippen LogP contribution < -0.4 is 11.1 Å². The van der Waals surface area contributed by atoms with E-state index in [0.29, 0.717) is 30.2 Å². The maximum Gasteiger partial charge on any atom is 0.263 e. The smallest absolute Gasteiger partial charge is 0.263 e. The van der Waals surface area contributed by atoms with Gasteiger partial charge in [-0.25, -0.2) is 4.98 Å². The number of aryl methyl sites for hydroxylation is 1. The lowest BCUT2D eigenvalue weighted by Crippen LogP contribution is -2.32. The van der Waals surface area contributed by atoms with Gasteiger partial charge in [-0.3, -0.25) is 4.79 Å². The zero-order valence-corrected chi connectivity index (χ0v) is 12.0. The van der Waals surface area contributed by atoms with Crippen molar-refractivity contribution < 1.29 is 9.53 Å². The Morgan fingerprint density at radius 1 is 1.53 bits per heavy atom. The van der Waals surface area contributed by atoms with Gasteiger partial charge in [0.2, 0.25) is 0 Å². The van der Waals surface area contributed by atoms with Crippen LogP contribution in [-0.4, -0.2) is 36.2 Å². The number of rotatable bonds is 5. The highest BCUT2D eigenvalue weighted by Gasteiger charge is 2.18. The molecule has 1 aliphatic carbocycles. The van der Waals surface area contributed by atoms with E-state index in [1.807, 2.05) is 6.92 Å². The molecule has 0 unspecified atom stereocenters. The molecular formula is C13H21N3O2S. The highest BCUT2D eigenvalue weighted by molar-refractivity contribution is 7.13. The SMILES string of the molecule is Cc1ncc(C(=O)NCCOC2CCC(N)CC2)s1. The molecule has 0 aromatic carbocycles. The molecule has 106 valence electrons. The van der Waals surface area contributed by atoms with Crippen LogP contribution in [0.1, 0.15) is 40.4 Å². The molecule has 0 saturated heterocycles. The fourth-order valence-electron chi connectivity index (χ4n) is 2.20. The quantitative estimate of drug-likeness (QED) is 0.802. The second-order valence-electron chi connectivity index (χ2n) is 4.91. The number of nitrogens with zero attached hydrogens (tertiary/aromatic N) is 1. The van der Waals surface area contributed by atoms with E-state index in [1.54, 1.807) is 6.20 Å². The molecule has 1 fully saturated rings. The van der Waals surface area contributed by atoms with E-state index in [0.717, 1.165) is 30.7 Å². The minimum atomic E-state index is -0.0696. The minimum Gasteiger partial charge on any atom is -0.376 e. The number of nitrogens with one attached hydrogen (secondary N) is 1. The molecule has 0 radical (unpaired) electrons. The van der Waals surface area contributed by atoms with Gasteiger partial charge in [0, 0.05) is 12.6 Å². The summed E-state index contributed by atoms with van der Waals surface area (Å²) < 4.78 is 5.74. The van der Waals surface area contributed by atoms with Crippen molar-refractivity contribution >= 4 is 17.2 Å². The average molecular weight is 283 g/mol. The van der Waals surface area contributed by atoms with Crippen LogP contribution in [0.15, 0.2) is 6.20 Å². The summed E-state index contributed by atoms with van der Waals surface area (Å²) >= 11 is 1.40. The van der Waals surface area contributed by atoms with E-state index in [9.17, 15) is 4.79 Å². The Morgan fingerprint density at radius 2 is 2.26 bits per heavy atom. The molecule has 2 rings (SSSR count). The first-order valence-electron chi connectivity index (χ1n) is 6.73. The van der Waals surface area contributed by atoms with Crippen molar-refractivity contribution in [3.05, 3.63) is 16.1 Å². The minimum absolute atomic E-state index is 0.0696. The summed E-state index contributed by atoms with van der Waals surface area (Å²) in [6.45, 7) is 2.99. The number of hydrogen-bond acceptors (Lipinski definition) is 5. The standard InChI is InChI=1S/C13H21N3O2S/c1-9-16-8-12(19-9)13(17)15-6-7-18-11-4-2-10(14)3-5-11/h8,10-11H,2-7,14H2,1H3,(H,15,17). The maximum atomic E-state index is 11.7. The van der Waals surface area contributed by atoms with Gasteiger partial charge in [-0.2, -0.15) is 0 Å². The van der Waals surface area contributed by atoms with Crippen LogP contribution in [0.3, 0.4) is 0 Å². The Hall–Kier alpha value is -0.980. The third-order valence-electron chi connectivity index (χ3n) is 3.31. The molecule has 1 amide bonds. The zero-order valence-electron chi connectivity index (χ0n) is 11.2. The van der Waals surface area contributed by atoms with Crippen LogP contribution in [0.5, 0.6) is 0 Å². The molecule has 0 aliphatic heterocycles. The summed E-state index contributed by atoms with van der Waals surface area (Å²) in [7, 11) is 0. The third-order valence-corrected chi connectivity index (χ3v) is 4.22. The number of carbonyl (C=O) groups is 1. The fraction of sp³-hybridized carbons (Fsp3) is 0.692. The van der Waals surface area contributed by atoms with Gasteiger partial charge in [0.25, 0.3) is 5.91 Å². The number of aromatic nitrogens is 1. The molecule has 6 heteroatoms. The fourth-order valence-corrected chi connectivity index (χ4v) is 2.89. The number of ether oxygens (including phenoxy) is 1. The number of carbonyl (C=O) groups excluding carboxylic acids is 1. The highest BCUT2D eigenvalue weighted by atomic mass is 32.1. The Labute approximate surface area is 117 Å². The van der Waals surface area contributed by atoms with Crippen molar-refractivity contribution in [3.63, 3.8) is 0 Å². The van der Waals surface area contributed by atoms with Crippen LogP contribution in [-0.2, 0) is 4.74 Å². The molecule has 0 atom stereocenters. The van der Waals surface area contributed by atoms with E-state index in [4.69, 9.17) is 10.5 Å². The van der Waals surface area contributed by atoms with Crippen LogP contribution >= 0.6 is 11.3 Å². The van der Waals surface area contributed by atoms with Crippen LogP contribution in [0.2, 0.25) is 0 Å². The second kappa shape index (κ2) is 6.98. The summed E-state index contributed by atoms with van der Waals surface area (Å²) in [6.07, 6.45) is 6.06. The monoisotopic (exact) mass is 283 g/mol. The third kappa shape index (κ3) is 4.56. The lowest BCUT2D eigenvalue weighted by Gasteiger charge is -2.26. The molecule has 19 heavy (non-hydrogen) atoms. The molecule has 1 aromatic heterocycles. The Bertz CT molecular complexity index is 414. The van der Waals surface area contributed by atoms with Crippen molar-refractivity contribution in [2.24, 2.45) is 5.73 Å². The van der Waals surface area contributed by atoms with Crippen molar-refractivity contribution in [3.8, 4) is 0 Å². The van der Waals surface area contributed by atoms with E-state index in [2.05, 4.69) is 10.3 Å². The van der Waals surface area contributed by atoms with Gasteiger partial charge in [0.15, 0.2) is 0 Å². The summed E-state index contributed by atoms with van der Waals surface area (Å²) in [4.78, 5) is 16.5. The van der Waals surface area contributed by atoms with Gasteiger partial charge in [0.1, 0.15) is 4.88 Å². The zero-order chi connectivity index (χ0) is 13.7. The van der Waals surface area contributed by atoms with Crippen molar-refractivity contribution in [2.75, 3.05) is 13.2 Å². The predicted octanol–water partition coefficient (Wildman–Crippen LogP) is 1.47. The first-order valence-corrected chi connectivity index (χ1v) is 7.54. The molecule has 1 heterocycles. The number of amides is 1. The van der Waals surface area contributed by atoms with E-state index < -0.39 is 0 Å². The molecule has 5 nitrogen and oxygen atoms in total. The highest BCUT2D eigenvalue weighted by Crippen LogP contribution is 2.19. The molecule has 0 bridgehead atoms. The normalized spacial score (nSPS) is 23.3. The van der Waals surface area contributed by atoms with Gasteiger partial charge in [-0.05, 0) is 32.6 Å². The van der Waals surface area contributed by atoms with E-state index >= 15 is 0 Å².